The van der Waals surface area contributed by atoms with Crippen LogP contribution in [0.15, 0.2) is 53.4 Å². The molecule has 0 spiro atoms. The molecule has 0 aliphatic heterocycles. The maximum Gasteiger partial charge on any atom is 0.256 e. The maximum atomic E-state index is 12.3. The number of rotatable bonds is 3. The highest BCUT2D eigenvalue weighted by Crippen LogP contribution is 2.26. The second kappa shape index (κ2) is 6.30. The predicted molar refractivity (Wildman–Crippen MR) is 95.1 cm³/mol. The number of aryl methyl sites for hydroxylation is 1. The number of amides is 1. The number of carbonyl (C=O) groups is 1. The Kier molecular flexibility index (Phi) is 4.21. The van der Waals surface area contributed by atoms with Crippen LogP contribution in [-0.4, -0.2) is 16.1 Å². The first-order valence-electron chi connectivity index (χ1n) is 7.27. The number of hydrogen-bond donors (Lipinski definition) is 3. The van der Waals surface area contributed by atoms with Crippen molar-refractivity contribution < 1.29 is 4.79 Å². The second-order valence-corrected chi connectivity index (χ2v) is 5.96. The molecule has 0 radical (unpaired) electrons. The molecular formula is C18H17N3OS. The van der Waals surface area contributed by atoms with E-state index in [1.807, 2.05) is 44.2 Å². The van der Waals surface area contributed by atoms with Gasteiger partial charge in [0.25, 0.3) is 5.91 Å². The first kappa shape index (κ1) is 15.4. The third-order valence-corrected chi connectivity index (χ3v) is 3.96. The van der Waals surface area contributed by atoms with Gasteiger partial charge in [0, 0.05) is 21.6 Å². The van der Waals surface area contributed by atoms with Crippen LogP contribution in [0.4, 0.5) is 5.82 Å². The van der Waals surface area contributed by atoms with Gasteiger partial charge in [-0.1, -0.05) is 35.9 Å². The van der Waals surface area contributed by atoms with E-state index in [-0.39, 0.29) is 5.91 Å². The number of nitrogens with one attached hydrogen (secondary N) is 2. The summed E-state index contributed by atoms with van der Waals surface area (Å²) in [7, 11) is 0. The van der Waals surface area contributed by atoms with Crippen molar-refractivity contribution in [2.24, 2.45) is 0 Å². The lowest BCUT2D eigenvalue weighted by atomic mass is 10.1. The van der Waals surface area contributed by atoms with E-state index >= 15 is 0 Å². The van der Waals surface area contributed by atoms with E-state index in [0.717, 1.165) is 21.7 Å². The van der Waals surface area contributed by atoms with E-state index < -0.39 is 0 Å². The summed E-state index contributed by atoms with van der Waals surface area (Å²) < 4.78 is 0. The quantitative estimate of drug-likeness (QED) is 0.632. The highest BCUT2D eigenvalue weighted by atomic mass is 32.1. The molecule has 0 fully saturated rings. The van der Waals surface area contributed by atoms with Crippen LogP contribution in [0.3, 0.4) is 0 Å². The molecule has 4 nitrogen and oxygen atoms in total. The molecule has 1 heterocycles. The SMILES string of the molecule is Cc1ccc(-c2n[nH]c(NC(=O)c3cccc(S)c3)c2C)cc1. The fraction of sp³-hybridized carbons (Fsp3) is 0.111. The third-order valence-electron chi connectivity index (χ3n) is 3.68. The number of nitrogens with zero attached hydrogens (tertiary/aromatic N) is 1. The summed E-state index contributed by atoms with van der Waals surface area (Å²) in [6.45, 7) is 3.98. The monoisotopic (exact) mass is 323 g/mol. The fourth-order valence-corrected chi connectivity index (χ4v) is 2.57. The van der Waals surface area contributed by atoms with Crippen molar-refractivity contribution >= 4 is 24.4 Å². The summed E-state index contributed by atoms with van der Waals surface area (Å²) in [5.74, 6) is 0.415. The number of aromatic amines is 1. The Morgan fingerprint density at radius 3 is 2.57 bits per heavy atom. The highest BCUT2D eigenvalue weighted by Gasteiger charge is 2.14. The molecule has 5 heteroatoms. The number of aromatic nitrogens is 2. The Morgan fingerprint density at radius 2 is 1.87 bits per heavy atom. The minimum atomic E-state index is -0.192. The molecule has 2 aromatic carbocycles. The average Bonchev–Trinajstić information content (AvgIpc) is 2.89. The fourth-order valence-electron chi connectivity index (χ4n) is 2.34. The van der Waals surface area contributed by atoms with Gasteiger partial charge in [-0.3, -0.25) is 9.89 Å². The Balaban J connectivity index is 1.85. The van der Waals surface area contributed by atoms with Crippen LogP contribution in [0.2, 0.25) is 0 Å². The summed E-state index contributed by atoms with van der Waals surface area (Å²) in [4.78, 5) is 13.1. The maximum absolute atomic E-state index is 12.3. The summed E-state index contributed by atoms with van der Waals surface area (Å²) in [5, 5.41) is 10.1. The molecule has 116 valence electrons. The average molecular weight is 323 g/mol. The number of benzene rings is 2. The minimum absolute atomic E-state index is 0.192. The second-order valence-electron chi connectivity index (χ2n) is 5.44. The highest BCUT2D eigenvalue weighted by molar-refractivity contribution is 7.80. The van der Waals surface area contributed by atoms with Crippen LogP contribution in [0.25, 0.3) is 11.3 Å². The van der Waals surface area contributed by atoms with Gasteiger partial charge in [-0.2, -0.15) is 5.10 Å². The molecule has 2 N–H and O–H groups in total. The third kappa shape index (κ3) is 3.29. The van der Waals surface area contributed by atoms with E-state index in [0.29, 0.717) is 11.4 Å². The molecule has 0 atom stereocenters. The van der Waals surface area contributed by atoms with Crippen LogP contribution in [-0.2, 0) is 0 Å². The van der Waals surface area contributed by atoms with Crippen LogP contribution in [0.5, 0.6) is 0 Å². The zero-order valence-corrected chi connectivity index (χ0v) is 13.8. The van der Waals surface area contributed by atoms with Gasteiger partial charge in [0.15, 0.2) is 0 Å². The van der Waals surface area contributed by atoms with Crippen LogP contribution in [0.1, 0.15) is 21.5 Å². The summed E-state index contributed by atoms with van der Waals surface area (Å²) >= 11 is 4.26. The molecule has 23 heavy (non-hydrogen) atoms. The number of carbonyl (C=O) groups excluding carboxylic acids is 1. The number of H-pyrrole nitrogens is 1. The molecule has 0 unspecified atom stereocenters. The van der Waals surface area contributed by atoms with E-state index in [2.05, 4.69) is 28.1 Å². The Hall–Kier alpha value is -2.53. The van der Waals surface area contributed by atoms with Gasteiger partial charge in [-0.15, -0.1) is 12.6 Å². The topological polar surface area (TPSA) is 57.8 Å². The Bertz CT molecular complexity index is 853. The minimum Gasteiger partial charge on any atom is -0.307 e. The lowest BCUT2D eigenvalue weighted by Crippen LogP contribution is -2.12. The van der Waals surface area contributed by atoms with Gasteiger partial charge < -0.3 is 5.32 Å². The molecular weight excluding hydrogens is 306 g/mol. The zero-order valence-electron chi connectivity index (χ0n) is 12.9. The Labute approximate surface area is 140 Å². The van der Waals surface area contributed by atoms with Crippen LogP contribution in [0, 0.1) is 13.8 Å². The van der Waals surface area contributed by atoms with E-state index in [1.54, 1.807) is 18.2 Å². The van der Waals surface area contributed by atoms with E-state index in [1.165, 1.54) is 5.56 Å². The van der Waals surface area contributed by atoms with Gasteiger partial charge in [0.2, 0.25) is 0 Å². The van der Waals surface area contributed by atoms with Crippen molar-refractivity contribution in [3.8, 4) is 11.3 Å². The van der Waals surface area contributed by atoms with Gasteiger partial charge >= 0.3 is 0 Å². The predicted octanol–water partition coefficient (Wildman–Crippen LogP) is 4.23. The van der Waals surface area contributed by atoms with Crippen molar-refractivity contribution in [2.75, 3.05) is 5.32 Å². The van der Waals surface area contributed by atoms with Crippen LogP contribution < -0.4 is 5.32 Å². The molecule has 3 aromatic rings. The first-order chi connectivity index (χ1) is 11.0. The van der Waals surface area contributed by atoms with Crippen molar-refractivity contribution in [1.29, 1.82) is 0 Å². The normalized spacial score (nSPS) is 10.6. The summed E-state index contributed by atoms with van der Waals surface area (Å²) in [6, 6.07) is 15.2. The molecule has 0 bridgehead atoms. The number of thiol groups is 1. The standard InChI is InChI=1S/C18H17N3OS/c1-11-6-8-13(9-7-11)16-12(2)17(21-20-16)19-18(22)14-4-3-5-15(23)10-14/h3-10,23H,1-2H3,(H2,19,20,21,22). The summed E-state index contributed by atoms with van der Waals surface area (Å²) in [5.41, 5.74) is 4.51. The molecule has 0 saturated heterocycles. The van der Waals surface area contributed by atoms with Gasteiger partial charge in [-0.05, 0) is 32.0 Å². The Morgan fingerprint density at radius 1 is 1.13 bits per heavy atom. The van der Waals surface area contributed by atoms with Gasteiger partial charge in [-0.25, -0.2) is 0 Å². The lowest BCUT2D eigenvalue weighted by Gasteiger charge is -2.05. The molecule has 0 saturated carbocycles. The van der Waals surface area contributed by atoms with Crippen LogP contribution >= 0.6 is 12.6 Å². The van der Waals surface area contributed by atoms with Crippen molar-refractivity contribution in [3.63, 3.8) is 0 Å². The largest absolute Gasteiger partial charge is 0.307 e. The number of anilines is 1. The smallest absolute Gasteiger partial charge is 0.256 e. The molecule has 1 amide bonds. The molecule has 1 aromatic heterocycles. The van der Waals surface area contributed by atoms with Crippen molar-refractivity contribution in [2.45, 2.75) is 18.7 Å². The van der Waals surface area contributed by atoms with Gasteiger partial charge in [0.1, 0.15) is 5.82 Å². The summed E-state index contributed by atoms with van der Waals surface area (Å²) in [6.07, 6.45) is 0. The molecule has 0 aliphatic carbocycles. The van der Waals surface area contributed by atoms with Gasteiger partial charge in [0.05, 0.1) is 5.69 Å². The molecule has 3 rings (SSSR count). The number of hydrogen-bond acceptors (Lipinski definition) is 3. The zero-order chi connectivity index (χ0) is 16.4. The first-order valence-corrected chi connectivity index (χ1v) is 7.71. The molecule has 0 aliphatic rings. The van der Waals surface area contributed by atoms with E-state index in [9.17, 15) is 4.79 Å². The van der Waals surface area contributed by atoms with Crippen molar-refractivity contribution in [1.82, 2.24) is 10.2 Å². The van der Waals surface area contributed by atoms with E-state index in [4.69, 9.17) is 0 Å². The van der Waals surface area contributed by atoms with Crippen molar-refractivity contribution in [3.05, 3.63) is 65.2 Å². The lowest BCUT2D eigenvalue weighted by molar-refractivity contribution is 0.102.